The molecular weight excluding hydrogens is 186 g/mol. The van der Waals surface area contributed by atoms with Crippen molar-refractivity contribution in [3.63, 3.8) is 0 Å². The van der Waals surface area contributed by atoms with E-state index in [0.29, 0.717) is 11.2 Å². The lowest BCUT2D eigenvalue weighted by atomic mass is 9.80. The molecule has 0 amide bonds. The standard InChI is InChI=1S/C13H23NO/c1-13(2,3)10-7-8-14(9-10)11-5-4-6-12(11)15/h10-11H,4-9H2,1-3H3. The maximum Gasteiger partial charge on any atom is 0.149 e. The largest absolute Gasteiger partial charge is 0.298 e. The molecule has 2 rings (SSSR count). The molecule has 1 heterocycles. The highest BCUT2D eigenvalue weighted by Gasteiger charge is 2.38. The Balaban J connectivity index is 1.95. The fourth-order valence-electron chi connectivity index (χ4n) is 2.96. The van der Waals surface area contributed by atoms with Crippen molar-refractivity contribution >= 4 is 5.78 Å². The highest BCUT2D eigenvalue weighted by Crippen LogP contribution is 2.36. The number of carbonyl (C=O) groups is 1. The van der Waals surface area contributed by atoms with Crippen molar-refractivity contribution in [1.29, 1.82) is 0 Å². The molecule has 2 unspecified atom stereocenters. The molecule has 0 aromatic carbocycles. The van der Waals surface area contributed by atoms with Crippen LogP contribution in [-0.4, -0.2) is 29.8 Å². The van der Waals surface area contributed by atoms with Gasteiger partial charge in [0, 0.05) is 13.0 Å². The predicted molar refractivity (Wildman–Crippen MR) is 61.8 cm³/mol. The van der Waals surface area contributed by atoms with E-state index < -0.39 is 0 Å². The molecule has 0 bridgehead atoms. The molecule has 2 heteroatoms. The highest BCUT2D eigenvalue weighted by atomic mass is 16.1. The summed E-state index contributed by atoms with van der Waals surface area (Å²) in [7, 11) is 0. The summed E-state index contributed by atoms with van der Waals surface area (Å²) in [6.07, 6.45) is 4.31. The molecule has 86 valence electrons. The summed E-state index contributed by atoms with van der Waals surface area (Å²) in [5, 5.41) is 0. The zero-order valence-corrected chi connectivity index (χ0v) is 10.3. The van der Waals surface area contributed by atoms with E-state index in [-0.39, 0.29) is 6.04 Å². The number of Topliss-reactive ketones (excluding diaryl/α,β-unsaturated/α-hetero) is 1. The smallest absolute Gasteiger partial charge is 0.149 e. The van der Waals surface area contributed by atoms with Crippen LogP contribution in [0.15, 0.2) is 0 Å². The third kappa shape index (κ3) is 2.25. The average Bonchev–Trinajstić information content (AvgIpc) is 2.69. The molecule has 0 N–H and O–H groups in total. The molecule has 1 aliphatic heterocycles. The Morgan fingerprint density at radius 1 is 1.27 bits per heavy atom. The van der Waals surface area contributed by atoms with Gasteiger partial charge in [-0.05, 0) is 37.1 Å². The van der Waals surface area contributed by atoms with Gasteiger partial charge in [-0.25, -0.2) is 0 Å². The second-order valence-electron chi connectivity index (χ2n) is 6.22. The summed E-state index contributed by atoms with van der Waals surface area (Å²) >= 11 is 0. The van der Waals surface area contributed by atoms with Gasteiger partial charge < -0.3 is 0 Å². The van der Waals surface area contributed by atoms with Gasteiger partial charge >= 0.3 is 0 Å². The van der Waals surface area contributed by atoms with Crippen LogP contribution in [0, 0.1) is 11.3 Å². The minimum Gasteiger partial charge on any atom is -0.298 e. The second-order valence-corrected chi connectivity index (χ2v) is 6.22. The molecule has 0 aromatic heterocycles. The van der Waals surface area contributed by atoms with Crippen molar-refractivity contribution in [1.82, 2.24) is 4.90 Å². The van der Waals surface area contributed by atoms with E-state index in [1.54, 1.807) is 0 Å². The topological polar surface area (TPSA) is 20.3 Å². The average molecular weight is 209 g/mol. The van der Waals surface area contributed by atoms with Crippen LogP contribution in [0.5, 0.6) is 0 Å². The molecule has 2 atom stereocenters. The van der Waals surface area contributed by atoms with Crippen LogP contribution >= 0.6 is 0 Å². The Hall–Kier alpha value is -0.370. The number of hydrogen-bond donors (Lipinski definition) is 0. The molecule has 2 aliphatic rings. The van der Waals surface area contributed by atoms with Crippen molar-refractivity contribution in [2.24, 2.45) is 11.3 Å². The van der Waals surface area contributed by atoms with Gasteiger partial charge in [0.2, 0.25) is 0 Å². The van der Waals surface area contributed by atoms with Crippen molar-refractivity contribution < 1.29 is 4.79 Å². The molecule has 1 saturated carbocycles. The second kappa shape index (κ2) is 3.89. The number of ketones is 1. The van der Waals surface area contributed by atoms with E-state index >= 15 is 0 Å². The van der Waals surface area contributed by atoms with Gasteiger partial charge in [0.1, 0.15) is 5.78 Å². The van der Waals surface area contributed by atoms with Crippen LogP contribution in [0.25, 0.3) is 0 Å². The van der Waals surface area contributed by atoms with E-state index in [2.05, 4.69) is 25.7 Å². The third-order valence-electron chi connectivity index (χ3n) is 4.16. The van der Waals surface area contributed by atoms with Crippen LogP contribution in [-0.2, 0) is 4.79 Å². The molecule has 0 aromatic rings. The van der Waals surface area contributed by atoms with E-state index in [1.165, 1.54) is 6.42 Å². The minimum atomic E-state index is 0.275. The van der Waals surface area contributed by atoms with Crippen LogP contribution in [0.2, 0.25) is 0 Å². The summed E-state index contributed by atoms with van der Waals surface area (Å²) in [6, 6.07) is 0.275. The maximum absolute atomic E-state index is 11.7. The van der Waals surface area contributed by atoms with E-state index in [0.717, 1.165) is 38.3 Å². The Morgan fingerprint density at radius 3 is 2.47 bits per heavy atom. The third-order valence-corrected chi connectivity index (χ3v) is 4.16. The van der Waals surface area contributed by atoms with Crippen LogP contribution in [0.3, 0.4) is 0 Å². The van der Waals surface area contributed by atoms with E-state index in [1.807, 2.05) is 0 Å². The molecule has 2 nitrogen and oxygen atoms in total. The van der Waals surface area contributed by atoms with Crippen molar-refractivity contribution in [3.8, 4) is 0 Å². The van der Waals surface area contributed by atoms with Gasteiger partial charge in [-0.2, -0.15) is 0 Å². The van der Waals surface area contributed by atoms with Crippen molar-refractivity contribution in [2.45, 2.75) is 52.5 Å². The first-order valence-electron chi connectivity index (χ1n) is 6.25. The van der Waals surface area contributed by atoms with Gasteiger partial charge in [0.05, 0.1) is 6.04 Å². The summed E-state index contributed by atoms with van der Waals surface area (Å²) in [4.78, 5) is 14.1. The molecule has 1 aliphatic carbocycles. The van der Waals surface area contributed by atoms with E-state index in [4.69, 9.17) is 0 Å². The normalized spacial score (nSPS) is 33.9. The Bertz CT molecular complexity index is 254. The van der Waals surface area contributed by atoms with Gasteiger partial charge in [0.15, 0.2) is 0 Å². The first-order valence-corrected chi connectivity index (χ1v) is 6.25. The van der Waals surface area contributed by atoms with Crippen molar-refractivity contribution in [3.05, 3.63) is 0 Å². The Kier molecular flexibility index (Phi) is 2.89. The monoisotopic (exact) mass is 209 g/mol. The SMILES string of the molecule is CC(C)(C)C1CCN(C2CCCC2=O)C1. The van der Waals surface area contributed by atoms with Crippen LogP contribution in [0.1, 0.15) is 46.5 Å². The summed E-state index contributed by atoms with van der Waals surface area (Å²) in [6.45, 7) is 9.23. The predicted octanol–water partition coefficient (Wildman–Crippen LogP) is 2.48. The molecule has 15 heavy (non-hydrogen) atoms. The molecule has 0 radical (unpaired) electrons. The van der Waals surface area contributed by atoms with Crippen LogP contribution < -0.4 is 0 Å². The lowest BCUT2D eigenvalue weighted by Crippen LogP contribution is -2.37. The Labute approximate surface area is 93.0 Å². The number of hydrogen-bond acceptors (Lipinski definition) is 2. The van der Waals surface area contributed by atoms with Gasteiger partial charge in [-0.1, -0.05) is 20.8 Å². The van der Waals surface area contributed by atoms with Crippen molar-refractivity contribution in [2.75, 3.05) is 13.1 Å². The quantitative estimate of drug-likeness (QED) is 0.661. The number of rotatable bonds is 1. The van der Waals surface area contributed by atoms with Gasteiger partial charge in [-0.3, -0.25) is 9.69 Å². The zero-order valence-electron chi connectivity index (χ0n) is 10.3. The van der Waals surface area contributed by atoms with E-state index in [9.17, 15) is 4.79 Å². The summed E-state index contributed by atoms with van der Waals surface area (Å²) in [5.41, 5.74) is 0.399. The van der Waals surface area contributed by atoms with Gasteiger partial charge in [-0.15, -0.1) is 0 Å². The lowest BCUT2D eigenvalue weighted by molar-refractivity contribution is -0.121. The molecular formula is C13H23NO. The van der Waals surface area contributed by atoms with Gasteiger partial charge in [0.25, 0.3) is 0 Å². The summed E-state index contributed by atoms with van der Waals surface area (Å²) in [5.74, 6) is 1.26. The number of nitrogens with zero attached hydrogens (tertiary/aromatic N) is 1. The lowest BCUT2D eigenvalue weighted by Gasteiger charge is -2.28. The summed E-state index contributed by atoms with van der Waals surface area (Å²) < 4.78 is 0. The molecule has 1 saturated heterocycles. The fourth-order valence-corrected chi connectivity index (χ4v) is 2.96. The Morgan fingerprint density at radius 2 is 2.00 bits per heavy atom. The maximum atomic E-state index is 11.7. The number of carbonyl (C=O) groups excluding carboxylic acids is 1. The first kappa shape index (κ1) is 11.1. The molecule has 0 spiro atoms. The highest BCUT2D eigenvalue weighted by molar-refractivity contribution is 5.85. The minimum absolute atomic E-state index is 0.275. The fraction of sp³-hybridized carbons (Fsp3) is 0.923. The molecule has 2 fully saturated rings. The first-order chi connectivity index (χ1) is 6.98. The van der Waals surface area contributed by atoms with Crippen LogP contribution in [0.4, 0.5) is 0 Å². The zero-order chi connectivity index (χ0) is 11.1. The number of likely N-dealkylation sites (tertiary alicyclic amines) is 1.